The smallest absolute Gasteiger partial charge is 0.191 e. The molecule has 5 nitrogen and oxygen atoms in total. The van der Waals surface area contributed by atoms with Gasteiger partial charge >= 0.3 is 0 Å². The zero-order valence-electron chi connectivity index (χ0n) is 12.3. The van der Waals surface area contributed by atoms with E-state index in [-0.39, 0.29) is 5.04 Å². The molecule has 0 spiro atoms. The topological polar surface area (TPSA) is 60.2 Å². The Balaban J connectivity index is 2.46. The first-order chi connectivity index (χ1) is 8.15. The number of aryl methyl sites for hydroxylation is 1. The van der Waals surface area contributed by atoms with Crippen LogP contribution in [0.1, 0.15) is 39.1 Å². The number of rotatable bonds is 5. The van der Waals surface area contributed by atoms with Crippen molar-refractivity contribution in [1.82, 2.24) is 14.8 Å². The average Bonchev–Trinajstić information content (AvgIpc) is 2.62. The van der Waals surface area contributed by atoms with Gasteiger partial charge in [-0.1, -0.05) is 20.8 Å². The van der Waals surface area contributed by atoms with Crippen molar-refractivity contribution in [2.75, 3.05) is 6.61 Å². The molecule has 0 aliphatic carbocycles. The molecule has 0 aliphatic rings. The minimum absolute atomic E-state index is 0.197. The molecule has 1 aromatic rings. The van der Waals surface area contributed by atoms with Gasteiger partial charge in [0.15, 0.2) is 14.1 Å². The molecule has 1 heterocycles. The van der Waals surface area contributed by atoms with Crippen LogP contribution in [0.3, 0.4) is 0 Å². The van der Waals surface area contributed by atoms with Gasteiger partial charge in [-0.2, -0.15) is 5.10 Å². The number of hydrogen-bond acceptors (Lipinski definition) is 4. The molecule has 0 radical (unpaired) electrons. The molecule has 0 aromatic carbocycles. The number of aliphatic hydroxyl groups excluding tert-OH is 1. The van der Waals surface area contributed by atoms with E-state index >= 15 is 0 Å². The molecule has 1 aromatic heterocycles. The molecule has 1 atom stereocenters. The Kier molecular flexibility index (Phi) is 4.69. The van der Waals surface area contributed by atoms with Crippen molar-refractivity contribution in [3.63, 3.8) is 0 Å². The Morgan fingerprint density at radius 1 is 1.44 bits per heavy atom. The summed E-state index contributed by atoms with van der Waals surface area (Å²) >= 11 is 0. The summed E-state index contributed by atoms with van der Waals surface area (Å²) in [6.07, 6.45) is 1.40. The van der Waals surface area contributed by atoms with E-state index in [0.717, 1.165) is 0 Å². The summed E-state index contributed by atoms with van der Waals surface area (Å²) in [5.41, 5.74) is 0. The average molecular weight is 271 g/mol. The Morgan fingerprint density at radius 2 is 2.06 bits per heavy atom. The molecule has 0 aliphatic heterocycles. The molecule has 0 amide bonds. The number of aliphatic hydroxyl groups is 1. The lowest BCUT2D eigenvalue weighted by Gasteiger charge is -2.36. The van der Waals surface area contributed by atoms with Crippen LogP contribution in [0.4, 0.5) is 0 Å². The first-order valence-corrected chi connectivity index (χ1v) is 9.22. The fourth-order valence-electron chi connectivity index (χ4n) is 1.38. The van der Waals surface area contributed by atoms with E-state index in [2.05, 4.69) is 43.9 Å². The van der Waals surface area contributed by atoms with Crippen LogP contribution in [0.2, 0.25) is 18.1 Å². The summed E-state index contributed by atoms with van der Waals surface area (Å²) in [5.74, 6) is 0.592. The SMILES string of the molecule is Cn1ncnc1C(O)CCO[Si](C)(C)C(C)(C)C. The minimum atomic E-state index is -1.72. The van der Waals surface area contributed by atoms with Gasteiger partial charge in [0.25, 0.3) is 0 Å². The third kappa shape index (κ3) is 3.63. The molecule has 104 valence electrons. The molecule has 0 saturated heterocycles. The maximum atomic E-state index is 10.0. The molecule has 6 heteroatoms. The summed E-state index contributed by atoms with van der Waals surface area (Å²) in [6.45, 7) is 11.6. The lowest BCUT2D eigenvalue weighted by molar-refractivity contribution is 0.125. The van der Waals surface area contributed by atoms with Crippen molar-refractivity contribution in [1.29, 1.82) is 0 Å². The van der Waals surface area contributed by atoms with Crippen LogP contribution in [0.15, 0.2) is 6.33 Å². The normalized spacial score (nSPS) is 14.8. The summed E-state index contributed by atoms with van der Waals surface area (Å²) in [5, 5.41) is 14.1. The lowest BCUT2D eigenvalue weighted by atomic mass is 10.2. The fourth-order valence-corrected chi connectivity index (χ4v) is 2.44. The van der Waals surface area contributed by atoms with E-state index in [9.17, 15) is 5.11 Å². The van der Waals surface area contributed by atoms with Crippen molar-refractivity contribution in [2.24, 2.45) is 7.05 Å². The van der Waals surface area contributed by atoms with E-state index in [1.54, 1.807) is 11.7 Å². The molecule has 1 rings (SSSR count). The lowest BCUT2D eigenvalue weighted by Crippen LogP contribution is -2.41. The highest BCUT2D eigenvalue weighted by Crippen LogP contribution is 2.36. The monoisotopic (exact) mass is 271 g/mol. The van der Waals surface area contributed by atoms with Gasteiger partial charge in [-0.3, -0.25) is 4.68 Å². The number of nitrogens with zero attached hydrogens (tertiary/aromatic N) is 3. The quantitative estimate of drug-likeness (QED) is 0.835. The fraction of sp³-hybridized carbons (Fsp3) is 0.833. The Hall–Kier alpha value is -0.723. The van der Waals surface area contributed by atoms with Gasteiger partial charge < -0.3 is 9.53 Å². The van der Waals surface area contributed by atoms with Crippen LogP contribution in [0.25, 0.3) is 0 Å². The van der Waals surface area contributed by atoms with Gasteiger partial charge in [-0.15, -0.1) is 0 Å². The highest BCUT2D eigenvalue weighted by atomic mass is 28.4. The molecule has 18 heavy (non-hydrogen) atoms. The molecular weight excluding hydrogens is 246 g/mol. The first kappa shape index (κ1) is 15.3. The first-order valence-electron chi connectivity index (χ1n) is 6.31. The van der Waals surface area contributed by atoms with Crippen LogP contribution in [0.5, 0.6) is 0 Å². The molecule has 1 unspecified atom stereocenters. The van der Waals surface area contributed by atoms with Crippen LogP contribution in [0, 0.1) is 0 Å². The Morgan fingerprint density at radius 3 is 2.50 bits per heavy atom. The van der Waals surface area contributed by atoms with Gasteiger partial charge in [0.2, 0.25) is 0 Å². The molecule has 0 fully saturated rings. The second kappa shape index (κ2) is 5.50. The van der Waals surface area contributed by atoms with Crippen LogP contribution >= 0.6 is 0 Å². The van der Waals surface area contributed by atoms with Crippen molar-refractivity contribution in [3.8, 4) is 0 Å². The predicted octanol–water partition coefficient (Wildman–Crippen LogP) is 2.26. The van der Waals surface area contributed by atoms with Gasteiger partial charge in [0, 0.05) is 20.1 Å². The number of hydrogen-bond donors (Lipinski definition) is 1. The van der Waals surface area contributed by atoms with Crippen molar-refractivity contribution in [3.05, 3.63) is 12.2 Å². The van der Waals surface area contributed by atoms with Gasteiger partial charge in [0.05, 0.1) is 0 Å². The molecular formula is C12H25N3O2Si. The van der Waals surface area contributed by atoms with Gasteiger partial charge in [0.1, 0.15) is 12.4 Å². The molecule has 0 bridgehead atoms. The van der Waals surface area contributed by atoms with Crippen molar-refractivity contribution >= 4 is 8.32 Å². The highest BCUT2D eigenvalue weighted by Gasteiger charge is 2.37. The van der Waals surface area contributed by atoms with Gasteiger partial charge in [-0.25, -0.2) is 4.98 Å². The Labute approximate surface area is 110 Å². The minimum Gasteiger partial charge on any atom is -0.417 e. The molecule has 0 saturated carbocycles. The van der Waals surface area contributed by atoms with Crippen molar-refractivity contribution < 1.29 is 9.53 Å². The largest absolute Gasteiger partial charge is 0.417 e. The van der Waals surface area contributed by atoms with Gasteiger partial charge in [-0.05, 0) is 18.1 Å². The standard InChI is InChI=1S/C12H25N3O2Si/c1-12(2,3)18(5,6)17-8-7-10(16)11-13-9-14-15(11)4/h9-10,16H,7-8H2,1-6H3. The van der Waals surface area contributed by atoms with Crippen LogP contribution in [-0.4, -0.2) is 34.8 Å². The Bertz CT molecular complexity index is 385. The predicted molar refractivity (Wildman–Crippen MR) is 73.7 cm³/mol. The van der Waals surface area contributed by atoms with E-state index in [4.69, 9.17) is 4.43 Å². The van der Waals surface area contributed by atoms with Crippen LogP contribution in [-0.2, 0) is 11.5 Å². The van der Waals surface area contributed by atoms with E-state index in [0.29, 0.717) is 18.9 Å². The summed E-state index contributed by atoms with van der Waals surface area (Å²) in [7, 11) is 0.0539. The maximum absolute atomic E-state index is 10.0. The third-order valence-electron chi connectivity index (χ3n) is 3.70. The zero-order chi connectivity index (χ0) is 14.0. The summed E-state index contributed by atoms with van der Waals surface area (Å²) in [6, 6.07) is 0. The second-order valence-electron chi connectivity index (χ2n) is 6.16. The second-order valence-corrected chi connectivity index (χ2v) is 11.0. The van der Waals surface area contributed by atoms with E-state index < -0.39 is 14.4 Å². The van der Waals surface area contributed by atoms with Crippen molar-refractivity contribution in [2.45, 2.75) is 51.4 Å². The van der Waals surface area contributed by atoms with E-state index in [1.165, 1.54) is 6.33 Å². The maximum Gasteiger partial charge on any atom is 0.191 e. The highest BCUT2D eigenvalue weighted by molar-refractivity contribution is 6.74. The third-order valence-corrected chi connectivity index (χ3v) is 8.24. The number of aromatic nitrogens is 3. The zero-order valence-corrected chi connectivity index (χ0v) is 13.3. The summed E-state index contributed by atoms with van der Waals surface area (Å²) in [4.78, 5) is 4.04. The summed E-state index contributed by atoms with van der Waals surface area (Å²) < 4.78 is 7.62. The van der Waals surface area contributed by atoms with Crippen LogP contribution < -0.4 is 0 Å². The molecule has 1 N–H and O–H groups in total. The van der Waals surface area contributed by atoms with E-state index in [1.807, 2.05) is 0 Å².